The molecule has 1 aliphatic heterocycles. The number of nitrogens with zero attached hydrogens (tertiary/aromatic N) is 1. The minimum Gasteiger partial charge on any atom is -0.480 e. The molecular weight excluding hydrogens is 652 g/mol. The number of carboxylic acids is 1. The molecule has 176 valence electrons. The van der Waals surface area contributed by atoms with E-state index in [0.717, 1.165) is 0 Å². The summed E-state index contributed by atoms with van der Waals surface area (Å²) in [5.41, 5.74) is -0.275. The molecule has 4 nitrogen and oxygen atoms in total. The van der Waals surface area contributed by atoms with Gasteiger partial charge in [0.15, 0.2) is 0 Å². The quantitative estimate of drug-likeness (QED) is 0.281. The third kappa shape index (κ3) is 4.91. The molecule has 2 aromatic carbocycles. The fourth-order valence-electron chi connectivity index (χ4n) is 4.84. The molecule has 0 spiro atoms. The Morgan fingerprint density at radius 3 is 2.36 bits per heavy atom. The summed E-state index contributed by atoms with van der Waals surface area (Å²) >= 11 is 4.12. The first-order valence-electron chi connectivity index (χ1n) is 10.6. The first-order valence-corrected chi connectivity index (χ1v) is 13.6. The number of benzene rings is 2. The molecule has 0 saturated carbocycles. The Bertz CT molecular complexity index is 1100. The summed E-state index contributed by atoms with van der Waals surface area (Å²) in [5.74, 6) is -3.17. The first-order chi connectivity index (χ1) is 15.5. The number of nitrogens with one attached hydrogen (secondary N) is 1. The number of carbonyl (C=O) groups is 1. The molecule has 0 unspecified atom stereocenters. The van der Waals surface area contributed by atoms with Gasteiger partial charge in [-0.15, -0.1) is 0 Å². The van der Waals surface area contributed by atoms with E-state index in [9.17, 15) is 19.6 Å². The lowest BCUT2D eigenvalue weighted by atomic mass is 9.62. The molecule has 8 heteroatoms. The molecule has 0 aromatic heterocycles. The maximum Gasteiger partial charge on any atom is 0.321 e. The van der Waals surface area contributed by atoms with Crippen LogP contribution in [0.15, 0.2) is 36.4 Å². The highest BCUT2D eigenvalue weighted by atomic mass is 127. The zero-order valence-electron chi connectivity index (χ0n) is 18.6. The van der Waals surface area contributed by atoms with Gasteiger partial charge in [-0.1, -0.05) is 96.3 Å². The number of alkyl halides is 2. The van der Waals surface area contributed by atoms with Crippen molar-refractivity contribution in [1.29, 1.82) is 5.26 Å². The lowest BCUT2D eigenvalue weighted by molar-refractivity contribution is -0.139. The van der Waals surface area contributed by atoms with E-state index in [1.807, 2.05) is 20.8 Å². The average Bonchev–Trinajstić information content (AvgIpc) is 3.07. The van der Waals surface area contributed by atoms with Crippen LogP contribution < -0.4 is 5.32 Å². The Balaban J connectivity index is 2.36. The lowest BCUT2D eigenvalue weighted by Gasteiger charge is -2.37. The van der Waals surface area contributed by atoms with Crippen molar-refractivity contribution in [2.75, 3.05) is 0 Å². The molecule has 4 atom stereocenters. The minimum atomic E-state index is -1.48. The van der Waals surface area contributed by atoms with E-state index in [1.54, 1.807) is 30.3 Å². The topological polar surface area (TPSA) is 73.1 Å². The molecule has 1 aliphatic rings. The van der Waals surface area contributed by atoms with Crippen LogP contribution in [-0.2, 0) is 19.1 Å². The van der Waals surface area contributed by atoms with Crippen LogP contribution in [0.4, 0.5) is 8.78 Å². The number of halogens is 4. The molecule has 0 radical (unpaired) electrons. The van der Waals surface area contributed by atoms with E-state index in [0.29, 0.717) is 32.0 Å². The molecule has 0 amide bonds. The van der Waals surface area contributed by atoms with Crippen LogP contribution in [-0.4, -0.2) is 23.2 Å². The molecule has 1 saturated heterocycles. The highest BCUT2D eigenvalue weighted by Gasteiger charge is 2.60. The van der Waals surface area contributed by atoms with Crippen molar-refractivity contribution in [3.05, 3.63) is 70.3 Å². The maximum absolute atomic E-state index is 15.6. The smallest absolute Gasteiger partial charge is 0.321 e. The van der Waals surface area contributed by atoms with E-state index in [-0.39, 0.29) is 11.0 Å². The monoisotopic (exact) mass is 678 g/mol. The third-order valence-electron chi connectivity index (χ3n) is 6.28. The number of rotatable bonds is 6. The van der Waals surface area contributed by atoms with Crippen molar-refractivity contribution in [3.63, 3.8) is 0 Å². The minimum absolute atomic E-state index is 0.167. The summed E-state index contributed by atoms with van der Waals surface area (Å²) < 4.78 is 31.4. The van der Waals surface area contributed by atoms with Gasteiger partial charge in [0.25, 0.3) is 0 Å². The van der Waals surface area contributed by atoms with Crippen LogP contribution in [0, 0.1) is 28.4 Å². The van der Waals surface area contributed by atoms with Crippen molar-refractivity contribution in [2.45, 2.75) is 59.5 Å². The first kappa shape index (κ1) is 26.3. The number of hydrogen-bond acceptors (Lipinski definition) is 3. The van der Waals surface area contributed by atoms with Crippen molar-refractivity contribution >= 4 is 51.2 Å². The zero-order valence-corrected chi connectivity index (χ0v) is 22.9. The van der Waals surface area contributed by atoms with Gasteiger partial charge in [-0.05, 0) is 40.2 Å². The van der Waals surface area contributed by atoms with Gasteiger partial charge in [0, 0.05) is 20.8 Å². The summed E-state index contributed by atoms with van der Waals surface area (Å²) in [6, 6.07) is 10.1. The number of carboxylic acid groups (broad SMARTS) is 1. The molecule has 0 aliphatic carbocycles. The van der Waals surface area contributed by atoms with Gasteiger partial charge in [-0.3, -0.25) is 10.1 Å². The molecular formula is C25H26F2I2N2O2. The van der Waals surface area contributed by atoms with Crippen molar-refractivity contribution in [3.8, 4) is 6.07 Å². The van der Waals surface area contributed by atoms with Crippen LogP contribution in [0.1, 0.15) is 55.4 Å². The van der Waals surface area contributed by atoms with E-state index in [1.165, 1.54) is 6.07 Å². The number of hydrogen-bond donors (Lipinski definition) is 2. The fourth-order valence-corrected chi connectivity index (χ4v) is 6.05. The molecule has 2 aromatic rings. The summed E-state index contributed by atoms with van der Waals surface area (Å²) in [5, 5.41) is 23.9. The van der Waals surface area contributed by atoms with E-state index in [2.05, 4.69) is 56.6 Å². The largest absolute Gasteiger partial charge is 0.480 e. The van der Waals surface area contributed by atoms with Gasteiger partial charge in [-0.2, -0.15) is 5.26 Å². The molecule has 33 heavy (non-hydrogen) atoms. The second kappa shape index (κ2) is 10.1. The van der Waals surface area contributed by atoms with Crippen LogP contribution >= 0.6 is 45.2 Å². The van der Waals surface area contributed by atoms with Gasteiger partial charge >= 0.3 is 5.97 Å². The Morgan fingerprint density at radius 1 is 1.18 bits per heavy atom. The molecule has 2 N–H and O–H groups in total. The highest BCUT2D eigenvalue weighted by molar-refractivity contribution is 14.1. The maximum atomic E-state index is 15.6. The van der Waals surface area contributed by atoms with E-state index in [4.69, 9.17) is 0 Å². The summed E-state index contributed by atoms with van der Waals surface area (Å²) in [6.45, 7) is 5.99. The van der Waals surface area contributed by atoms with Crippen LogP contribution in [0.2, 0.25) is 0 Å². The molecule has 3 rings (SSSR count). The SMILES string of the molecule is CC(C)(C)C[C@@H]1N[C@@H](C(=O)O)[C@H](c2cccc(CI)c2F)[C@@]1(C#N)c1ccc(CI)c(F)c1. The fraction of sp³-hybridized carbons (Fsp3) is 0.440. The second-order valence-electron chi connectivity index (χ2n) is 9.65. The Labute approximate surface area is 220 Å². The molecule has 0 bridgehead atoms. The lowest BCUT2D eigenvalue weighted by Crippen LogP contribution is -2.44. The Hall–Kier alpha value is -1.32. The van der Waals surface area contributed by atoms with E-state index < -0.39 is 41.0 Å². The normalized spacial score (nSPS) is 25.1. The highest BCUT2D eigenvalue weighted by Crippen LogP contribution is 2.52. The van der Waals surface area contributed by atoms with Gasteiger partial charge in [0.05, 0.1) is 6.07 Å². The third-order valence-corrected chi connectivity index (χ3v) is 7.93. The van der Waals surface area contributed by atoms with Crippen molar-refractivity contribution < 1.29 is 18.7 Å². The second-order valence-corrected chi connectivity index (χ2v) is 11.2. The summed E-state index contributed by atoms with van der Waals surface area (Å²) in [6.07, 6.45) is 0.449. The Morgan fingerprint density at radius 2 is 1.85 bits per heavy atom. The van der Waals surface area contributed by atoms with Crippen LogP contribution in [0.3, 0.4) is 0 Å². The summed E-state index contributed by atoms with van der Waals surface area (Å²) in [4.78, 5) is 12.4. The van der Waals surface area contributed by atoms with Crippen LogP contribution in [0.25, 0.3) is 0 Å². The van der Waals surface area contributed by atoms with Crippen molar-refractivity contribution in [2.24, 2.45) is 5.41 Å². The predicted octanol–water partition coefficient (Wildman–Crippen LogP) is 6.24. The molecule has 1 heterocycles. The molecule has 1 fully saturated rings. The Kier molecular flexibility index (Phi) is 8.06. The van der Waals surface area contributed by atoms with Gasteiger partial charge in [0.2, 0.25) is 0 Å². The zero-order chi connectivity index (χ0) is 24.6. The van der Waals surface area contributed by atoms with E-state index >= 15 is 4.39 Å². The number of aliphatic carboxylic acids is 1. The van der Waals surface area contributed by atoms with Gasteiger partial charge in [-0.25, -0.2) is 8.78 Å². The summed E-state index contributed by atoms with van der Waals surface area (Å²) in [7, 11) is 0. The van der Waals surface area contributed by atoms with Crippen molar-refractivity contribution in [1.82, 2.24) is 5.32 Å². The predicted molar refractivity (Wildman–Crippen MR) is 141 cm³/mol. The standard InChI is InChI=1S/C25H26F2I2N2O2/c1-24(2,3)10-19-25(13-30,16-8-7-14(11-28)18(26)9-16)20(22(31-19)23(32)33)17-6-4-5-15(12-29)21(17)27/h4-9,19-20,22,31H,10-12H2,1-3H3,(H,32,33)/t19-,20-,22+,25-/m0/s1. The van der Waals surface area contributed by atoms with Crippen LogP contribution in [0.5, 0.6) is 0 Å². The average molecular weight is 678 g/mol. The van der Waals surface area contributed by atoms with Gasteiger partial charge in [0.1, 0.15) is 23.1 Å². The number of nitriles is 1. The van der Waals surface area contributed by atoms with Gasteiger partial charge < -0.3 is 5.11 Å².